The first-order valence-electron chi connectivity index (χ1n) is 10.0. The lowest BCUT2D eigenvalue weighted by atomic mass is 9.77. The molecule has 140 valence electrons. The molecule has 0 aromatic rings. The molecule has 4 aliphatic heterocycles. The summed E-state index contributed by atoms with van der Waals surface area (Å²) in [5, 5.41) is 9.42. The third-order valence-corrected chi connectivity index (χ3v) is 7.20. The SMILES string of the molecule is CCCN1CC2(CCN(C3CC4CCC(C3)N4C(=O)O)CC2)CC1=O. The zero-order chi connectivity index (χ0) is 17.6. The number of carbonyl (C=O) groups excluding carboxylic acids is 1. The van der Waals surface area contributed by atoms with E-state index in [2.05, 4.69) is 16.7 Å². The van der Waals surface area contributed by atoms with Crippen LogP contribution in [0.4, 0.5) is 4.79 Å². The number of hydrogen-bond acceptors (Lipinski definition) is 3. The van der Waals surface area contributed by atoms with Gasteiger partial charge in [0.25, 0.3) is 0 Å². The molecule has 4 rings (SSSR count). The van der Waals surface area contributed by atoms with Crippen LogP contribution in [-0.4, -0.2) is 76.1 Å². The van der Waals surface area contributed by atoms with Crippen molar-refractivity contribution in [3.8, 4) is 0 Å². The molecular weight excluding hydrogens is 318 g/mol. The Labute approximate surface area is 150 Å². The Morgan fingerprint density at radius 2 is 1.80 bits per heavy atom. The van der Waals surface area contributed by atoms with Crippen LogP contribution >= 0.6 is 0 Å². The Morgan fingerprint density at radius 1 is 1.16 bits per heavy atom. The van der Waals surface area contributed by atoms with E-state index in [4.69, 9.17) is 0 Å². The second-order valence-corrected chi connectivity index (χ2v) is 8.73. The van der Waals surface area contributed by atoms with Crippen molar-refractivity contribution in [3.05, 3.63) is 0 Å². The molecule has 6 nitrogen and oxygen atoms in total. The van der Waals surface area contributed by atoms with Crippen molar-refractivity contribution in [2.75, 3.05) is 26.2 Å². The van der Waals surface area contributed by atoms with E-state index in [9.17, 15) is 14.7 Å². The normalized spacial score (nSPS) is 34.9. The van der Waals surface area contributed by atoms with E-state index in [0.717, 1.165) is 77.5 Å². The average molecular weight is 349 g/mol. The van der Waals surface area contributed by atoms with E-state index in [1.807, 2.05) is 0 Å². The molecule has 0 radical (unpaired) electrons. The zero-order valence-corrected chi connectivity index (χ0v) is 15.3. The van der Waals surface area contributed by atoms with Crippen LogP contribution in [0.15, 0.2) is 0 Å². The first kappa shape index (κ1) is 17.1. The van der Waals surface area contributed by atoms with Gasteiger partial charge in [-0.3, -0.25) is 4.79 Å². The van der Waals surface area contributed by atoms with Crippen LogP contribution in [0, 0.1) is 5.41 Å². The van der Waals surface area contributed by atoms with Crippen LogP contribution in [0.2, 0.25) is 0 Å². The molecule has 4 aliphatic rings. The van der Waals surface area contributed by atoms with Gasteiger partial charge >= 0.3 is 6.09 Å². The van der Waals surface area contributed by atoms with E-state index in [1.165, 1.54) is 0 Å². The topological polar surface area (TPSA) is 64.1 Å². The summed E-state index contributed by atoms with van der Waals surface area (Å²) in [6, 6.07) is 0.991. The molecule has 0 aliphatic carbocycles. The van der Waals surface area contributed by atoms with Gasteiger partial charge in [-0.1, -0.05) is 6.92 Å². The number of piperidine rings is 2. The molecule has 6 heteroatoms. The molecule has 25 heavy (non-hydrogen) atoms. The summed E-state index contributed by atoms with van der Waals surface area (Å²) in [5.74, 6) is 0.350. The fourth-order valence-corrected chi connectivity index (χ4v) is 5.91. The number of likely N-dealkylation sites (tertiary alicyclic amines) is 2. The Bertz CT molecular complexity index is 530. The Kier molecular flexibility index (Phi) is 4.42. The Balaban J connectivity index is 1.34. The fraction of sp³-hybridized carbons (Fsp3) is 0.895. The highest BCUT2D eigenvalue weighted by Crippen LogP contribution is 2.44. The fourth-order valence-electron chi connectivity index (χ4n) is 5.91. The van der Waals surface area contributed by atoms with Gasteiger partial charge in [0.15, 0.2) is 0 Å². The van der Waals surface area contributed by atoms with Gasteiger partial charge in [-0.05, 0) is 63.5 Å². The zero-order valence-electron chi connectivity index (χ0n) is 15.3. The van der Waals surface area contributed by atoms with Gasteiger partial charge in [-0.15, -0.1) is 0 Å². The molecule has 2 bridgehead atoms. The van der Waals surface area contributed by atoms with Crippen molar-refractivity contribution in [2.24, 2.45) is 5.41 Å². The second-order valence-electron chi connectivity index (χ2n) is 8.73. The Hall–Kier alpha value is -1.30. The minimum absolute atomic E-state index is 0.212. The molecule has 4 heterocycles. The maximum absolute atomic E-state index is 12.3. The van der Waals surface area contributed by atoms with Gasteiger partial charge in [0, 0.05) is 37.6 Å². The van der Waals surface area contributed by atoms with Crippen molar-refractivity contribution < 1.29 is 14.7 Å². The van der Waals surface area contributed by atoms with Crippen LogP contribution in [0.5, 0.6) is 0 Å². The van der Waals surface area contributed by atoms with Crippen LogP contribution in [0.25, 0.3) is 0 Å². The van der Waals surface area contributed by atoms with Crippen LogP contribution in [-0.2, 0) is 4.79 Å². The standard InChI is InChI=1S/C19H31N3O3/c1-2-7-21-13-19(12-17(21)23)5-8-20(9-6-19)16-10-14-3-4-15(11-16)22(14)18(24)25/h14-16H,2-13H2,1H3,(H,24,25). The monoisotopic (exact) mass is 349 g/mol. The minimum Gasteiger partial charge on any atom is -0.465 e. The molecule has 2 unspecified atom stereocenters. The molecule has 2 amide bonds. The predicted molar refractivity (Wildman–Crippen MR) is 94.4 cm³/mol. The van der Waals surface area contributed by atoms with Gasteiger partial charge < -0.3 is 19.8 Å². The molecule has 4 saturated heterocycles. The number of amides is 2. The highest BCUT2D eigenvalue weighted by molar-refractivity contribution is 5.79. The van der Waals surface area contributed by atoms with Crippen LogP contribution < -0.4 is 0 Å². The summed E-state index contributed by atoms with van der Waals surface area (Å²) in [7, 11) is 0. The largest absolute Gasteiger partial charge is 0.465 e. The molecule has 4 fully saturated rings. The summed E-state index contributed by atoms with van der Waals surface area (Å²) < 4.78 is 0. The van der Waals surface area contributed by atoms with Crippen molar-refractivity contribution in [2.45, 2.75) is 76.4 Å². The third kappa shape index (κ3) is 3.03. The molecule has 1 spiro atoms. The van der Waals surface area contributed by atoms with E-state index >= 15 is 0 Å². The summed E-state index contributed by atoms with van der Waals surface area (Å²) in [5.41, 5.74) is 0.212. The summed E-state index contributed by atoms with van der Waals surface area (Å²) in [6.45, 7) is 6.14. The number of carbonyl (C=O) groups is 2. The van der Waals surface area contributed by atoms with Gasteiger partial charge in [0.05, 0.1) is 0 Å². The quantitative estimate of drug-likeness (QED) is 0.850. The highest BCUT2D eigenvalue weighted by atomic mass is 16.4. The number of hydrogen-bond donors (Lipinski definition) is 1. The summed E-state index contributed by atoms with van der Waals surface area (Å²) >= 11 is 0. The van der Waals surface area contributed by atoms with Gasteiger partial charge in [-0.25, -0.2) is 4.79 Å². The van der Waals surface area contributed by atoms with Crippen molar-refractivity contribution in [1.29, 1.82) is 0 Å². The number of rotatable bonds is 3. The first-order chi connectivity index (χ1) is 12.0. The van der Waals surface area contributed by atoms with Crippen molar-refractivity contribution >= 4 is 12.0 Å². The molecule has 0 aromatic heterocycles. The predicted octanol–water partition coefficient (Wildman–Crippen LogP) is 2.38. The molecule has 2 atom stereocenters. The van der Waals surface area contributed by atoms with E-state index < -0.39 is 6.09 Å². The third-order valence-electron chi connectivity index (χ3n) is 7.20. The first-order valence-corrected chi connectivity index (χ1v) is 10.0. The lowest BCUT2D eigenvalue weighted by Crippen LogP contribution is -2.54. The maximum Gasteiger partial charge on any atom is 0.407 e. The van der Waals surface area contributed by atoms with Crippen molar-refractivity contribution in [3.63, 3.8) is 0 Å². The average Bonchev–Trinajstić information content (AvgIpc) is 3.02. The van der Waals surface area contributed by atoms with E-state index in [1.54, 1.807) is 4.90 Å². The molecular formula is C19H31N3O3. The van der Waals surface area contributed by atoms with E-state index in [-0.39, 0.29) is 17.5 Å². The Morgan fingerprint density at radius 3 is 2.36 bits per heavy atom. The van der Waals surface area contributed by atoms with Gasteiger partial charge in [0.1, 0.15) is 0 Å². The lowest BCUT2D eigenvalue weighted by Gasteiger charge is -2.46. The number of carboxylic acid groups (broad SMARTS) is 1. The van der Waals surface area contributed by atoms with Crippen LogP contribution in [0.1, 0.15) is 58.3 Å². The van der Waals surface area contributed by atoms with Crippen LogP contribution in [0.3, 0.4) is 0 Å². The minimum atomic E-state index is -0.732. The number of fused-ring (bicyclic) bond motifs is 2. The molecule has 1 N–H and O–H groups in total. The van der Waals surface area contributed by atoms with E-state index in [0.29, 0.717) is 11.9 Å². The summed E-state index contributed by atoms with van der Waals surface area (Å²) in [6.07, 6.45) is 7.35. The summed E-state index contributed by atoms with van der Waals surface area (Å²) in [4.78, 5) is 30.1. The molecule has 0 saturated carbocycles. The smallest absolute Gasteiger partial charge is 0.407 e. The van der Waals surface area contributed by atoms with Gasteiger partial charge in [0.2, 0.25) is 5.91 Å². The highest BCUT2D eigenvalue weighted by Gasteiger charge is 2.48. The number of nitrogens with zero attached hydrogens (tertiary/aromatic N) is 3. The van der Waals surface area contributed by atoms with Crippen molar-refractivity contribution in [1.82, 2.24) is 14.7 Å². The second kappa shape index (κ2) is 6.45. The maximum atomic E-state index is 12.3. The lowest BCUT2D eigenvalue weighted by molar-refractivity contribution is -0.127. The van der Waals surface area contributed by atoms with Gasteiger partial charge in [-0.2, -0.15) is 0 Å². The molecule has 0 aromatic carbocycles.